The number of halogens is 3. The van der Waals surface area contributed by atoms with E-state index in [0.29, 0.717) is 15.9 Å². The zero-order chi connectivity index (χ0) is 13.5. The molecule has 0 unspecified atom stereocenters. The highest BCUT2D eigenvalue weighted by Gasteiger charge is 2.21. The third-order valence-corrected chi connectivity index (χ3v) is 3.67. The van der Waals surface area contributed by atoms with E-state index in [1.165, 1.54) is 0 Å². The highest BCUT2D eigenvalue weighted by Crippen LogP contribution is 2.31. The first-order valence-electron chi connectivity index (χ1n) is 5.77. The molecule has 2 rings (SSSR count). The quantitative estimate of drug-likeness (QED) is 0.723. The standard InChI is InChI=1S/C13H15Cl3N2/c1-13(2,3)18-11-7-9(16)8(15)6-10(11)17-12(18)4-5-14/h6-7H,4-5H2,1-3H3. The first-order chi connectivity index (χ1) is 8.34. The van der Waals surface area contributed by atoms with Gasteiger partial charge in [-0.15, -0.1) is 11.6 Å². The second kappa shape index (κ2) is 4.92. The van der Waals surface area contributed by atoms with Crippen molar-refractivity contribution in [3.63, 3.8) is 0 Å². The van der Waals surface area contributed by atoms with Crippen LogP contribution in [-0.2, 0) is 12.0 Å². The van der Waals surface area contributed by atoms with Gasteiger partial charge in [0.2, 0.25) is 0 Å². The van der Waals surface area contributed by atoms with E-state index in [0.717, 1.165) is 23.3 Å². The molecule has 0 N–H and O–H groups in total. The van der Waals surface area contributed by atoms with Crippen LogP contribution in [0.3, 0.4) is 0 Å². The van der Waals surface area contributed by atoms with Crippen LogP contribution in [-0.4, -0.2) is 15.4 Å². The van der Waals surface area contributed by atoms with E-state index in [1.54, 1.807) is 6.07 Å². The van der Waals surface area contributed by atoms with Crippen molar-refractivity contribution in [1.29, 1.82) is 0 Å². The second-order valence-electron chi connectivity index (χ2n) is 5.23. The van der Waals surface area contributed by atoms with E-state index in [1.807, 2.05) is 6.07 Å². The van der Waals surface area contributed by atoms with Crippen molar-refractivity contribution in [2.24, 2.45) is 0 Å². The Hall–Kier alpha value is -0.440. The molecule has 0 atom stereocenters. The van der Waals surface area contributed by atoms with Crippen LogP contribution >= 0.6 is 34.8 Å². The summed E-state index contributed by atoms with van der Waals surface area (Å²) in [5.41, 5.74) is 1.78. The van der Waals surface area contributed by atoms with Crippen LogP contribution in [0.5, 0.6) is 0 Å². The molecule has 1 aromatic carbocycles. The summed E-state index contributed by atoms with van der Waals surface area (Å²) in [6.45, 7) is 6.40. The number of imidazole rings is 1. The molecule has 18 heavy (non-hydrogen) atoms. The van der Waals surface area contributed by atoms with E-state index in [2.05, 4.69) is 30.3 Å². The Morgan fingerprint density at radius 3 is 2.33 bits per heavy atom. The second-order valence-corrected chi connectivity index (χ2v) is 6.42. The van der Waals surface area contributed by atoms with Gasteiger partial charge in [-0.2, -0.15) is 0 Å². The van der Waals surface area contributed by atoms with Gasteiger partial charge in [0, 0.05) is 17.8 Å². The molecule has 98 valence electrons. The molecular formula is C13H15Cl3N2. The molecule has 0 amide bonds. The normalized spacial score (nSPS) is 12.3. The molecule has 0 fully saturated rings. The summed E-state index contributed by atoms with van der Waals surface area (Å²) in [6.07, 6.45) is 0.725. The molecular weight excluding hydrogens is 291 g/mol. The van der Waals surface area contributed by atoms with Crippen molar-refractivity contribution in [2.75, 3.05) is 5.88 Å². The van der Waals surface area contributed by atoms with Crippen LogP contribution in [0, 0.1) is 0 Å². The molecule has 0 saturated heterocycles. The SMILES string of the molecule is CC(C)(C)n1c(CCCl)nc2cc(Cl)c(Cl)cc21. The van der Waals surface area contributed by atoms with Crippen molar-refractivity contribution in [2.45, 2.75) is 32.7 Å². The molecule has 1 aromatic heterocycles. The van der Waals surface area contributed by atoms with Crippen LogP contribution in [0.4, 0.5) is 0 Å². The Bertz CT molecular complexity index is 582. The maximum atomic E-state index is 6.10. The number of alkyl halides is 1. The van der Waals surface area contributed by atoms with Gasteiger partial charge in [0.05, 0.1) is 21.1 Å². The Balaban J connectivity index is 2.77. The molecule has 0 aliphatic rings. The molecule has 1 heterocycles. The maximum Gasteiger partial charge on any atom is 0.111 e. The summed E-state index contributed by atoms with van der Waals surface area (Å²) in [5.74, 6) is 1.51. The minimum atomic E-state index is -0.0761. The van der Waals surface area contributed by atoms with Crippen molar-refractivity contribution < 1.29 is 0 Å². The molecule has 0 aliphatic carbocycles. The van der Waals surface area contributed by atoms with E-state index >= 15 is 0 Å². The Morgan fingerprint density at radius 2 is 1.78 bits per heavy atom. The Labute approximate surface area is 122 Å². The molecule has 0 radical (unpaired) electrons. The van der Waals surface area contributed by atoms with Gasteiger partial charge >= 0.3 is 0 Å². The summed E-state index contributed by atoms with van der Waals surface area (Å²) in [6, 6.07) is 3.67. The number of aromatic nitrogens is 2. The summed E-state index contributed by atoms with van der Waals surface area (Å²) >= 11 is 18.0. The average molecular weight is 306 g/mol. The minimum absolute atomic E-state index is 0.0761. The van der Waals surface area contributed by atoms with Gasteiger partial charge in [-0.05, 0) is 32.9 Å². The highest BCUT2D eigenvalue weighted by molar-refractivity contribution is 6.42. The zero-order valence-corrected chi connectivity index (χ0v) is 12.9. The lowest BCUT2D eigenvalue weighted by atomic mass is 10.1. The number of benzene rings is 1. The molecule has 2 aromatic rings. The van der Waals surface area contributed by atoms with Crippen LogP contribution in [0.25, 0.3) is 11.0 Å². The van der Waals surface area contributed by atoms with Crippen LogP contribution in [0.2, 0.25) is 10.0 Å². The molecule has 0 aliphatic heterocycles. The predicted molar refractivity (Wildman–Crippen MR) is 79.2 cm³/mol. The van der Waals surface area contributed by atoms with Crippen LogP contribution in [0.1, 0.15) is 26.6 Å². The van der Waals surface area contributed by atoms with Crippen molar-refractivity contribution in [3.05, 3.63) is 28.0 Å². The van der Waals surface area contributed by atoms with Gasteiger partial charge < -0.3 is 4.57 Å². The smallest absolute Gasteiger partial charge is 0.111 e. The fourth-order valence-corrected chi connectivity index (χ4v) is 2.61. The molecule has 0 spiro atoms. The van der Waals surface area contributed by atoms with E-state index in [-0.39, 0.29) is 5.54 Å². The Morgan fingerprint density at radius 1 is 1.17 bits per heavy atom. The lowest BCUT2D eigenvalue weighted by Gasteiger charge is -2.24. The van der Waals surface area contributed by atoms with Crippen molar-refractivity contribution in [1.82, 2.24) is 9.55 Å². The van der Waals surface area contributed by atoms with E-state index in [9.17, 15) is 0 Å². The monoisotopic (exact) mass is 304 g/mol. The van der Waals surface area contributed by atoms with E-state index in [4.69, 9.17) is 34.8 Å². The minimum Gasteiger partial charge on any atom is -0.323 e. The lowest BCUT2D eigenvalue weighted by molar-refractivity contribution is 0.395. The van der Waals surface area contributed by atoms with Gasteiger partial charge in [-0.1, -0.05) is 23.2 Å². The van der Waals surface area contributed by atoms with Gasteiger partial charge in [-0.25, -0.2) is 4.98 Å². The molecule has 5 heteroatoms. The molecule has 2 nitrogen and oxygen atoms in total. The number of fused-ring (bicyclic) bond motifs is 1. The van der Waals surface area contributed by atoms with Crippen molar-refractivity contribution >= 4 is 45.8 Å². The van der Waals surface area contributed by atoms with Gasteiger partial charge in [-0.3, -0.25) is 0 Å². The summed E-state index contributed by atoms with van der Waals surface area (Å²) in [7, 11) is 0. The Kier molecular flexibility index (Phi) is 3.82. The van der Waals surface area contributed by atoms with Gasteiger partial charge in [0.15, 0.2) is 0 Å². The number of hydrogen-bond donors (Lipinski definition) is 0. The third-order valence-electron chi connectivity index (χ3n) is 2.75. The van der Waals surface area contributed by atoms with Gasteiger partial charge in [0.25, 0.3) is 0 Å². The lowest BCUT2D eigenvalue weighted by Crippen LogP contribution is -2.24. The highest BCUT2D eigenvalue weighted by atomic mass is 35.5. The fourth-order valence-electron chi connectivity index (χ4n) is 2.12. The van der Waals surface area contributed by atoms with Crippen LogP contribution < -0.4 is 0 Å². The summed E-state index contributed by atoms with van der Waals surface area (Å²) in [5, 5.41) is 1.08. The summed E-state index contributed by atoms with van der Waals surface area (Å²) in [4.78, 5) is 4.61. The zero-order valence-electron chi connectivity index (χ0n) is 10.6. The predicted octanol–water partition coefficient (Wildman–Crippen LogP) is 4.88. The third kappa shape index (κ3) is 2.47. The van der Waals surface area contributed by atoms with Gasteiger partial charge in [0.1, 0.15) is 5.82 Å². The van der Waals surface area contributed by atoms with E-state index < -0.39 is 0 Å². The fraction of sp³-hybridized carbons (Fsp3) is 0.462. The molecule has 0 saturated carbocycles. The largest absolute Gasteiger partial charge is 0.323 e. The number of nitrogens with zero attached hydrogens (tertiary/aromatic N) is 2. The topological polar surface area (TPSA) is 17.8 Å². The summed E-state index contributed by atoms with van der Waals surface area (Å²) < 4.78 is 2.17. The average Bonchev–Trinajstić information content (AvgIpc) is 2.56. The van der Waals surface area contributed by atoms with Crippen molar-refractivity contribution in [3.8, 4) is 0 Å². The maximum absolute atomic E-state index is 6.10. The van der Waals surface area contributed by atoms with Crippen LogP contribution in [0.15, 0.2) is 12.1 Å². The first-order valence-corrected chi connectivity index (χ1v) is 7.06. The number of aryl methyl sites for hydroxylation is 1. The number of hydrogen-bond acceptors (Lipinski definition) is 1. The molecule has 0 bridgehead atoms. The first kappa shape index (κ1) is 14.0. The number of rotatable bonds is 2.